The van der Waals surface area contributed by atoms with Gasteiger partial charge in [0, 0.05) is 0 Å². The number of nitrogens with one attached hydrogen (secondary N) is 1. The lowest BCUT2D eigenvalue weighted by atomic mass is 10.0. The molecule has 5 heteroatoms. The Kier molecular flexibility index (Phi) is 5.58. The molecule has 5 nitrogen and oxygen atoms in total. The van der Waals surface area contributed by atoms with Gasteiger partial charge in [0.15, 0.2) is 0 Å². The molecule has 0 saturated heterocycles. The Morgan fingerprint density at radius 1 is 0.839 bits per heavy atom. The number of benzene rings is 3. The maximum atomic E-state index is 13.5. The van der Waals surface area contributed by atoms with Crippen molar-refractivity contribution in [2.75, 3.05) is 16.8 Å². The van der Waals surface area contributed by atoms with Gasteiger partial charge in [0.25, 0.3) is 11.8 Å². The Balaban J connectivity index is 1.83. The third-order valence-electron chi connectivity index (χ3n) is 5.06. The maximum absolute atomic E-state index is 13.5. The fraction of sp³-hybridized carbons (Fsp3) is 0.154. The standard InChI is InChI=1S/C26H24N2O3/c1-4-31-22-13-9-8-12-21(22)27-24-23(19-10-6-5-7-11-19)25(29)28(26(24)30)20-15-17(2)14-18(3)16-20/h5-16,27H,4H2,1-3H3. The van der Waals surface area contributed by atoms with Crippen LogP contribution in [-0.2, 0) is 9.59 Å². The molecule has 1 heterocycles. The molecule has 2 amide bonds. The summed E-state index contributed by atoms with van der Waals surface area (Å²) in [7, 11) is 0. The van der Waals surface area contributed by atoms with Crippen LogP contribution in [0, 0.1) is 13.8 Å². The van der Waals surface area contributed by atoms with Crippen molar-refractivity contribution in [2.24, 2.45) is 0 Å². The van der Waals surface area contributed by atoms with Crippen LogP contribution in [-0.4, -0.2) is 18.4 Å². The predicted molar refractivity (Wildman–Crippen MR) is 123 cm³/mol. The van der Waals surface area contributed by atoms with Crippen molar-refractivity contribution in [3.63, 3.8) is 0 Å². The van der Waals surface area contributed by atoms with Crippen LogP contribution >= 0.6 is 0 Å². The molecule has 3 aromatic rings. The van der Waals surface area contributed by atoms with Crippen LogP contribution in [0.25, 0.3) is 5.57 Å². The second-order valence-corrected chi connectivity index (χ2v) is 7.46. The zero-order chi connectivity index (χ0) is 22.0. The van der Waals surface area contributed by atoms with Gasteiger partial charge < -0.3 is 10.1 Å². The highest BCUT2D eigenvalue weighted by Gasteiger charge is 2.40. The summed E-state index contributed by atoms with van der Waals surface area (Å²) in [6.07, 6.45) is 0. The van der Waals surface area contributed by atoms with E-state index in [2.05, 4.69) is 5.32 Å². The van der Waals surface area contributed by atoms with E-state index in [9.17, 15) is 9.59 Å². The van der Waals surface area contributed by atoms with Crippen LogP contribution < -0.4 is 15.0 Å². The first-order chi connectivity index (χ1) is 15.0. The molecule has 0 unspecified atom stereocenters. The summed E-state index contributed by atoms with van der Waals surface area (Å²) in [5.41, 5.74) is 4.44. The van der Waals surface area contributed by atoms with E-state index >= 15 is 0 Å². The van der Waals surface area contributed by atoms with E-state index in [1.807, 2.05) is 93.6 Å². The van der Waals surface area contributed by atoms with Crippen molar-refractivity contribution in [1.82, 2.24) is 0 Å². The van der Waals surface area contributed by atoms with Crippen molar-refractivity contribution in [3.05, 3.63) is 95.2 Å². The number of hydrogen-bond donors (Lipinski definition) is 1. The molecule has 0 bridgehead atoms. The summed E-state index contributed by atoms with van der Waals surface area (Å²) in [6.45, 7) is 6.29. The highest BCUT2D eigenvalue weighted by Crippen LogP contribution is 2.36. The smallest absolute Gasteiger partial charge is 0.282 e. The molecule has 0 saturated carbocycles. The number of hydrogen-bond acceptors (Lipinski definition) is 4. The third-order valence-corrected chi connectivity index (χ3v) is 5.06. The Labute approximate surface area is 182 Å². The highest BCUT2D eigenvalue weighted by atomic mass is 16.5. The Morgan fingerprint density at radius 2 is 1.48 bits per heavy atom. The van der Waals surface area contributed by atoms with Gasteiger partial charge in [-0.25, -0.2) is 4.90 Å². The van der Waals surface area contributed by atoms with Gasteiger partial charge in [-0.15, -0.1) is 0 Å². The van der Waals surface area contributed by atoms with Crippen LogP contribution in [0.4, 0.5) is 11.4 Å². The molecule has 0 spiro atoms. The molecule has 156 valence electrons. The third kappa shape index (κ3) is 3.94. The minimum Gasteiger partial charge on any atom is -0.492 e. The zero-order valence-electron chi connectivity index (χ0n) is 17.8. The van der Waals surface area contributed by atoms with Gasteiger partial charge in [0.05, 0.1) is 23.6 Å². The number of rotatable bonds is 6. The monoisotopic (exact) mass is 412 g/mol. The highest BCUT2D eigenvalue weighted by molar-refractivity contribution is 6.46. The molecule has 0 radical (unpaired) electrons. The first-order valence-electron chi connectivity index (χ1n) is 10.2. The van der Waals surface area contributed by atoms with Crippen LogP contribution in [0.5, 0.6) is 5.75 Å². The van der Waals surface area contributed by atoms with Gasteiger partial charge in [-0.1, -0.05) is 48.5 Å². The molecular weight excluding hydrogens is 388 g/mol. The number of anilines is 2. The summed E-state index contributed by atoms with van der Waals surface area (Å²) >= 11 is 0. The quantitative estimate of drug-likeness (QED) is 0.573. The Bertz CT molecular complexity index is 1160. The number of carbonyl (C=O) groups is 2. The molecule has 4 rings (SSSR count). The molecule has 0 aromatic heterocycles. The Morgan fingerprint density at radius 3 is 2.16 bits per heavy atom. The van der Waals surface area contributed by atoms with E-state index in [4.69, 9.17) is 4.74 Å². The normalized spacial score (nSPS) is 13.7. The number of amides is 2. The first-order valence-corrected chi connectivity index (χ1v) is 10.2. The summed E-state index contributed by atoms with van der Waals surface area (Å²) < 4.78 is 5.70. The van der Waals surface area contributed by atoms with Gasteiger partial charge in [-0.05, 0) is 61.7 Å². The molecular formula is C26H24N2O3. The van der Waals surface area contributed by atoms with Crippen molar-refractivity contribution < 1.29 is 14.3 Å². The second kappa shape index (κ2) is 8.48. The lowest BCUT2D eigenvalue weighted by Gasteiger charge is -2.17. The largest absolute Gasteiger partial charge is 0.492 e. The van der Waals surface area contributed by atoms with Crippen LogP contribution in [0.2, 0.25) is 0 Å². The van der Waals surface area contributed by atoms with E-state index < -0.39 is 0 Å². The number of ether oxygens (including phenoxy) is 1. The first kappa shape index (κ1) is 20.4. The number of imide groups is 1. The second-order valence-electron chi connectivity index (χ2n) is 7.46. The minimum absolute atomic E-state index is 0.238. The zero-order valence-corrected chi connectivity index (χ0v) is 17.8. The fourth-order valence-electron chi connectivity index (χ4n) is 3.82. The van der Waals surface area contributed by atoms with Gasteiger partial charge in [0.1, 0.15) is 11.4 Å². The van der Waals surface area contributed by atoms with Crippen LogP contribution in [0.3, 0.4) is 0 Å². The Hall–Kier alpha value is -3.86. The molecule has 1 N–H and O–H groups in total. The predicted octanol–water partition coefficient (Wildman–Crippen LogP) is 5.10. The van der Waals surface area contributed by atoms with Crippen LogP contribution in [0.15, 0.2) is 78.5 Å². The summed E-state index contributed by atoms with van der Waals surface area (Å²) in [6, 6.07) is 22.4. The minimum atomic E-state index is -0.389. The number of aryl methyl sites for hydroxylation is 2. The number of nitrogens with zero attached hydrogens (tertiary/aromatic N) is 1. The van der Waals surface area contributed by atoms with Gasteiger partial charge in [-0.2, -0.15) is 0 Å². The summed E-state index contributed by atoms with van der Waals surface area (Å²) in [5.74, 6) is -0.118. The lowest BCUT2D eigenvalue weighted by molar-refractivity contribution is -0.120. The molecule has 0 atom stereocenters. The van der Waals surface area contributed by atoms with Crippen LogP contribution in [0.1, 0.15) is 23.6 Å². The average molecular weight is 412 g/mol. The molecule has 3 aromatic carbocycles. The average Bonchev–Trinajstić information content (AvgIpc) is 2.99. The van der Waals surface area contributed by atoms with Gasteiger partial charge in [-0.3, -0.25) is 9.59 Å². The van der Waals surface area contributed by atoms with E-state index in [0.29, 0.717) is 34.9 Å². The topological polar surface area (TPSA) is 58.6 Å². The molecule has 1 aliphatic rings. The van der Waals surface area contributed by atoms with Gasteiger partial charge >= 0.3 is 0 Å². The SMILES string of the molecule is CCOc1ccccc1NC1=C(c2ccccc2)C(=O)N(c2cc(C)cc(C)c2)C1=O. The van der Waals surface area contributed by atoms with E-state index in [1.165, 1.54) is 4.90 Å². The van der Waals surface area contributed by atoms with Crippen molar-refractivity contribution in [2.45, 2.75) is 20.8 Å². The fourth-order valence-corrected chi connectivity index (χ4v) is 3.82. The summed E-state index contributed by atoms with van der Waals surface area (Å²) in [5, 5.41) is 3.19. The molecule has 1 aliphatic heterocycles. The van der Waals surface area contributed by atoms with Crippen molar-refractivity contribution >= 4 is 28.8 Å². The molecule has 0 aliphatic carbocycles. The van der Waals surface area contributed by atoms with Gasteiger partial charge in [0.2, 0.25) is 0 Å². The number of para-hydroxylation sites is 2. The molecule has 31 heavy (non-hydrogen) atoms. The summed E-state index contributed by atoms with van der Waals surface area (Å²) in [4.78, 5) is 28.3. The van der Waals surface area contributed by atoms with E-state index in [1.54, 1.807) is 0 Å². The number of carbonyl (C=O) groups excluding carboxylic acids is 2. The molecule has 0 fully saturated rings. The van der Waals surface area contributed by atoms with Crippen molar-refractivity contribution in [3.8, 4) is 5.75 Å². The van der Waals surface area contributed by atoms with E-state index in [-0.39, 0.29) is 17.5 Å². The van der Waals surface area contributed by atoms with Crippen molar-refractivity contribution in [1.29, 1.82) is 0 Å². The maximum Gasteiger partial charge on any atom is 0.282 e. The lowest BCUT2D eigenvalue weighted by Crippen LogP contribution is -2.32. The van der Waals surface area contributed by atoms with E-state index in [0.717, 1.165) is 11.1 Å².